The topological polar surface area (TPSA) is 53.6 Å². The lowest BCUT2D eigenvalue weighted by molar-refractivity contribution is -0.128. The van der Waals surface area contributed by atoms with Crippen molar-refractivity contribution in [2.75, 3.05) is 43.0 Å². The van der Waals surface area contributed by atoms with Gasteiger partial charge < -0.3 is 20.3 Å². The summed E-state index contributed by atoms with van der Waals surface area (Å²) in [7, 11) is 0. The van der Waals surface area contributed by atoms with Gasteiger partial charge >= 0.3 is 0 Å². The van der Waals surface area contributed by atoms with Crippen LogP contribution < -0.4 is 15.5 Å². The van der Waals surface area contributed by atoms with Crippen molar-refractivity contribution in [3.05, 3.63) is 24.3 Å². The summed E-state index contributed by atoms with van der Waals surface area (Å²) in [5, 5.41) is 6.24. The van der Waals surface area contributed by atoms with Gasteiger partial charge in [0, 0.05) is 26.2 Å². The van der Waals surface area contributed by atoms with Crippen LogP contribution >= 0.6 is 0 Å². The molecule has 0 aromatic heterocycles. The zero-order chi connectivity index (χ0) is 15.2. The Hall–Kier alpha value is -1.59. The van der Waals surface area contributed by atoms with Crippen LogP contribution in [0.15, 0.2) is 24.3 Å². The van der Waals surface area contributed by atoms with Crippen molar-refractivity contribution >= 4 is 17.3 Å². The number of carbonyl (C=O) groups is 1. The molecule has 3 rings (SSSR count). The molecule has 1 unspecified atom stereocenters. The van der Waals surface area contributed by atoms with Crippen LogP contribution in [0.5, 0.6) is 0 Å². The monoisotopic (exact) mass is 303 g/mol. The van der Waals surface area contributed by atoms with Crippen molar-refractivity contribution in [3.8, 4) is 0 Å². The molecule has 2 aliphatic heterocycles. The van der Waals surface area contributed by atoms with Crippen LogP contribution in [0.25, 0.3) is 0 Å². The Labute approximate surface area is 132 Å². The van der Waals surface area contributed by atoms with Crippen LogP contribution in [0.2, 0.25) is 0 Å². The fourth-order valence-electron chi connectivity index (χ4n) is 3.11. The minimum absolute atomic E-state index is 0.0607. The number of amides is 1. The highest BCUT2D eigenvalue weighted by atomic mass is 16.5. The van der Waals surface area contributed by atoms with Gasteiger partial charge in [-0.15, -0.1) is 0 Å². The van der Waals surface area contributed by atoms with Crippen LogP contribution in [-0.2, 0) is 9.53 Å². The van der Waals surface area contributed by atoms with E-state index < -0.39 is 6.10 Å². The van der Waals surface area contributed by atoms with E-state index in [9.17, 15) is 4.79 Å². The van der Waals surface area contributed by atoms with Crippen molar-refractivity contribution in [1.82, 2.24) is 5.32 Å². The molecule has 2 aliphatic rings. The first-order chi connectivity index (χ1) is 10.8. The lowest BCUT2D eigenvalue weighted by Gasteiger charge is -2.27. The summed E-state index contributed by atoms with van der Waals surface area (Å²) in [4.78, 5) is 14.8. The second-order valence-electron chi connectivity index (χ2n) is 5.97. The smallest absolute Gasteiger partial charge is 0.254 e. The molecule has 1 aromatic rings. The van der Waals surface area contributed by atoms with E-state index in [0.717, 1.165) is 31.0 Å². The first-order valence-corrected chi connectivity index (χ1v) is 8.32. The van der Waals surface area contributed by atoms with Crippen molar-refractivity contribution < 1.29 is 9.53 Å². The number of para-hydroxylation sites is 2. The summed E-state index contributed by atoms with van der Waals surface area (Å²) in [5.41, 5.74) is 2.02. The molecule has 0 spiro atoms. The van der Waals surface area contributed by atoms with E-state index in [0.29, 0.717) is 13.2 Å². The molecular weight excluding hydrogens is 278 g/mol. The van der Waals surface area contributed by atoms with E-state index in [1.165, 1.54) is 25.7 Å². The molecule has 5 nitrogen and oxygen atoms in total. The quantitative estimate of drug-likeness (QED) is 0.897. The number of hydrogen-bond donors (Lipinski definition) is 2. The molecule has 2 fully saturated rings. The molecule has 0 saturated carbocycles. The van der Waals surface area contributed by atoms with Gasteiger partial charge in [-0.2, -0.15) is 0 Å². The van der Waals surface area contributed by atoms with Gasteiger partial charge in [0.15, 0.2) is 0 Å². The lowest BCUT2D eigenvalue weighted by Crippen LogP contribution is -2.45. The third kappa shape index (κ3) is 3.78. The molecule has 0 aliphatic carbocycles. The van der Waals surface area contributed by atoms with E-state index >= 15 is 0 Å². The summed E-state index contributed by atoms with van der Waals surface area (Å²) >= 11 is 0. The second kappa shape index (κ2) is 7.61. The van der Waals surface area contributed by atoms with Gasteiger partial charge in [0.25, 0.3) is 5.91 Å². The summed E-state index contributed by atoms with van der Waals surface area (Å²) in [5.74, 6) is -0.0607. The molecule has 2 N–H and O–H groups in total. The third-order valence-electron chi connectivity index (χ3n) is 4.33. The molecule has 5 heteroatoms. The summed E-state index contributed by atoms with van der Waals surface area (Å²) < 4.78 is 5.53. The Morgan fingerprint density at radius 3 is 2.68 bits per heavy atom. The Balaban J connectivity index is 1.71. The molecule has 120 valence electrons. The summed E-state index contributed by atoms with van der Waals surface area (Å²) in [6, 6.07) is 8.08. The summed E-state index contributed by atoms with van der Waals surface area (Å²) in [6.45, 7) is 4.11. The molecule has 2 saturated heterocycles. The Kier molecular flexibility index (Phi) is 5.29. The first kappa shape index (κ1) is 15.3. The average Bonchev–Trinajstić information content (AvgIpc) is 2.85. The number of anilines is 2. The standard InChI is InChI=1S/C17H25N3O2/c21-17(16-13-18-9-12-22-16)19-14-7-3-4-8-15(14)20-10-5-1-2-6-11-20/h3-4,7-8,16,18H,1-2,5-6,9-13H2,(H,19,21). The van der Waals surface area contributed by atoms with E-state index in [2.05, 4.69) is 21.6 Å². The fourth-order valence-corrected chi connectivity index (χ4v) is 3.11. The number of ether oxygens (including phenoxy) is 1. The second-order valence-corrected chi connectivity index (χ2v) is 5.97. The number of nitrogens with one attached hydrogen (secondary N) is 2. The minimum Gasteiger partial charge on any atom is -0.370 e. The van der Waals surface area contributed by atoms with Gasteiger partial charge in [-0.1, -0.05) is 25.0 Å². The normalized spacial score (nSPS) is 22.9. The first-order valence-electron chi connectivity index (χ1n) is 8.32. The number of benzene rings is 1. The number of rotatable bonds is 3. The van der Waals surface area contributed by atoms with Gasteiger partial charge in [-0.05, 0) is 25.0 Å². The third-order valence-corrected chi connectivity index (χ3v) is 4.33. The number of morpholine rings is 1. The average molecular weight is 303 g/mol. The highest BCUT2D eigenvalue weighted by molar-refractivity contribution is 5.97. The van der Waals surface area contributed by atoms with E-state index in [1.807, 2.05) is 18.2 Å². The molecule has 1 aromatic carbocycles. The molecule has 0 bridgehead atoms. The predicted octanol–water partition coefficient (Wildman–Crippen LogP) is 1.99. The number of hydrogen-bond acceptors (Lipinski definition) is 4. The van der Waals surface area contributed by atoms with Gasteiger partial charge in [0.05, 0.1) is 18.0 Å². The van der Waals surface area contributed by atoms with Crippen LogP contribution in [0.4, 0.5) is 11.4 Å². The molecule has 2 heterocycles. The maximum absolute atomic E-state index is 12.4. The molecule has 1 atom stereocenters. The zero-order valence-electron chi connectivity index (χ0n) is 13.0. The fraction of sp³-hybridized carbons (Fsp3) is 0.588. The number of nitrogens with zero attached hydrogens (tertiary/aromatic N) is 1. The molecular formula is C17H25N3O2. The van der Waals surface area contributed by atoms with E-state index in [4.69, 9.17) is 4.74 Å². The summed E-state index contributed by atoms with van der Waals surface area (Å²) in [6.07, 6.45) is 4.64. The van der Waals surface area contributed by atoms with Gasteiger partial charge in [0.1, 0.15) is 6.10 Å². The lowest BCUT2D eigenvalue weighted by atomic mass is 10.2. The van der Waals surface area contributed by atoms with Crippen LogP contribution in [-0.4, -0.2) is 44.8 Å². The Morgan fingerprint density at radius 2 is 1.95 bits per heavy atom. The van der Waals surface area contributed by atoms with E-state index in [1.54, 1.807) is 0 Å². The van der Waals surface area contributed by atoms with Crippen LogP contribution in [0.3, 0.4) is 0 Å². The number of carbonyl (C=O) groups excluding carboxylic acids is 1. The van der Waals surface area contributed by atoms with Crippen LogP contribution in [0.1, 0.15) is 25.7 Å². The van der Waals surface area contributed by atoms with Crippen molar-refractivity contribution in [3.63, 3.8) is 0 Å². The van der Waals surface area contributed by atoms with Gasteiger partial charge in [-0.25, -0.2) is 0 Å². The molecule has 22 heavy (non-hydrogen) atoms. The predicted molar refractivity (Wildman–Crippen MR) is 88.4 cm³/mol. The molecule has 1 amide bonds. The Morgan fingerprint density at radius 1 is 1.18 bits per heavy atom. The zero-order valence-corrected chi connectivity index (χ0v) is 13.0. The van der Waals surface area contributed by atoms with Crippen molar-refractivity contribution in [2.45, 2.75) is 31.8 Å². The molecule has 0 radical (unpaired) electrons. The van der Waals surface area contributed by atoms with E-state index in [-0.39, 0.29) is 5.91 Å². The Bertz CT molecular complexity index is 492. The van der Waals surface area contributed by atoms with Crippen molar-refractivity contribution in [2.24, 2.45) is 0 Å². The van der Waals surface area contributed by atoms with Crippen LogP contribution in [0, 0.1) is 0 Å². The largest absolute Gasteiger partial charge is 0.370 e. The highest BCUT2D eigenvalue weighted by Crippen LogP contribution is 2.28. The van der Waals surface area contributed by atoms with Crippen molar-refractivity contribution in [1.29, 1.82) is 0 Å². The van der Waals surface area contributed by atoms with Gasteiger partial charge in [-0.3, -0.25) is 4.79 Å². The maximum atomic E-state index is 12.4. The van der Waals surface area contributed by atoms with Gasteiger partial charge in [0.2, 0.25) is 0 Å². The SMILES string of the molecule is O=C(Nc1ccccc1N1CCCCCC1)C1CNCCO1. The highest BCUT2D eigenvalue weighted by Gasteiger charge is 2.23. The maximum Gasteiger partial charge on any atom is 0.254 e. The minimum atomic E-state index is -0.397.